The number of rotatable bonds is 5. The molecule has 0 aromatic heterocycles. The summed E-state index contributed by atoms with van der Waals surface area (Å²) in [5, 5.41) is 9.07. The Morgan fingerprint density at radius 1 is 1.60 bits per heavy atom. The largest absolute Gasteiger partial charge is 0.464 e. The molecule has 0 aromatic carbocycles. The van der Waals surface area contributed by atoms with Gasteiger partial charge in [0.25, 0.3) is 0 Å². The summed E-state index contributed by atoms with van der Waals surface area (Å²) in [6, 6.07) is 0.150. The van der Waals surface area contributed by atoms with Gasteiger partial charge < -0.3 is 9.84 Å². The third-order valence-electron chi connectivity index (χ3n) is 2.62. The highest BCUT2D eigenvalue weighted by Crippen LogP contribution is 2.15. The smallest absolute Gasteiger partial charge is 0.320 e. The van der Waals surface area contributed by atoms with E-state index < -0.39 is 0 Å². The van der Waals surface area contributed by atoms with Crippen molar-refractivity contribution in [1.82, 2.24) is 4.90 Å². The minimum Gasteiger partial charge on any atom is -0.464 e. The standard InChI is InChI=1S/C11H21NO3/c1-9(2)8-15-11(14)6-12-5-3-4-10(12)7-13/h9-10,13H,3-8H2,1-2H3. The van der Waals surface area contributed by atoms with Crippen molar-refractivity contribution in [3.63, 3.8) is 0 Å². The van der Waals surface area contributed by atoms with Crippen molar-refractivity contribution in [3.8, 4) is 0 Å². The average Bonchev–Trinajstić information content (AvgIpc) is 2.62. The molecule has 88 valence electrons. The van der Waals surface area contributed by atoms with E-state index in [-0.39, 0.29) is 18.6 Å². The number of nitrogens with zero attached hydrogens (tertiary/aromatic N) is 1. The molecule has 0 amide bonds. The maximum absolute atomic E-state index is 11.4. The Balaban J connectivity index is 2.24. The highest BCUT2D eigenvalue weighted by Gasteiger charge is 2.25. The molecule has 1 unspecified atom stereocenters. The van der Waals surface area contributed by atoms with Crippen molar-refractivity contribution in [2.45, 2.75) is 32.7 Å². The predicted molar refractivity (Wildman–Crippen MR) is 57.5 cm³/mol. The van der Waals surface area contributed by atoms with Crippen LogP contribution in [0, 0.1) is 5.92 Å². The van der Waals surface area contributed by atoms with Gasteiger partial charge in [-0.3, -0.25) is 9.69 Å². The van der Waals surface area contributed by atoms with Crippen LogP contribution in [-0.2, 0) is 9.53 Å². The molecule has 1 aliphatic rings. The highest BCUT2D eigenvalue weighted by molar-refractivity contribution is 5.71. The summed E-state index contributed by atoms with van der Waals surface area (Å²) in [6.07, 6.45) is 2.04. The number of hydrogen-bond donors (Lipinski definition) is 1. The molecule has 15 heavy (non-hydrogen) atoms. The van der Waals surface area contributed by atoms with Crippen LogP contribution in [-0.4, -0.2) is 48.3 Å². The molecule has 4 nitrogen and oxygen atoms in total. The van der Waals surface area contributed by atoms with E-state index in [1.165, 1.54) is 0 Å². The van der Waals surface area contributed by atoms with E-state index in [1.54, 1.807) is 0 Å². The zero-order valence-corrected chi connectivity index (χ0v) is 9.61. The van der Waals surface area contributed by atoms with E-state index in [4.69, 9.17) is 9.84 Å². The summed E-state index contributed by atoms with van der Waals surface area (Å²) in [5.41, 5.74) is 0. The van der Waals surface area contributed by atoms with Crippen LogP contribution in [0.4, 0.5) is 0 Å². The van der Waals surface area contributed by atoms with Crippen LogP contribution in [0.3, 0.4) is 0 Å². The van der Waals surface area contributed by atoms with Crippen LogP contribution in [0.1, 0.15) is 26.7 Å². The van der Waals surface area contributed by atoms with Crippen LogP contribution in [0.5, 0.6) is 0 Å². The van der Waals surface area contributed by atoms with Gasteiger partial charge in [0, 0.05) is 6.04 Å². The molecule has 1 heterocycles. The minimum absolute atomic E-state index is 0.136. The Morgan fingerprint density at radius 3 is 2.93 bits per heavy atom. The molecule has 0 bridgehead atoms. The summed E-state index contributed by atoms with van der Waals surface area (Å²) >= 11 is 0. The van der Waals surface area contributed by atoms with Crippen LogP contribution < -0.4 is 0 Å². The quantitative estimate of drug-likeness (QED) is 0.684. The van der Waals surface area contributed by atoms with Gasteiger partial charge in [0.15, 0.2) is 0 Å². The van der Waals surface area contributed by atoms with Crippen molar-refractivity contribution >= 4 is 5.97 Å². The average molecular weight is 215 g/mol. The second-order valence-electron chi connectivity index (χ2n) is 4.53. The Kier molecular flexibility index (Phi) is 5.05. The molecular formula is C11H21NO3. The highest BCUT2D eigenvalue weighted by atomic mass is 16.5. The monoisotopic (exact) mass is 215 g/mol. The zero-order valence-electron chi connectivity index (χ0n) is 9.61. The zero-order chi connectivity index (χ0) is 11.3. The summed E-state index contributed by atoms with van der Waals surface area (Å²) in [7, 11) is 0. The van der Waals surface area contributed by atoms with Crippen molar-refractivity contribution in [3.05, 3.63) is 0 Å². The molecule has 1 atom stereocenters. The fourth-order valence-electron chi connectivity index (χ4n) is 1.78. The molecule has 1 N–H and O–H groups in total. The van der Waals surface area contributed by atoms with Crippen LogP contribution in [0.25, 0.3) is 0 Å². The Hall–Kier alpha value is -0.610. The van der Waals surface area contributed by atoms with Gasteiger partial charge in [-0.25, -0.2) is 0 Å². The summed E-state index contributed by atoms with van der Waals surface area (Å²) in [6.45, 7) is 5.85. The Bertz CT molecular complexity index is 206. The van der Waals surface area contributed by atoms with Crippen molar-refractivity contribution < 1.29 is 14.6 Å². The number of carbonyl (C=O) groups excluding carboxylic acids is 1. The SMILES string of the molecule is CC(C)COC(=O)CN1CCCC1CO. The van der Waals surface area contributed by atoms with Crippen molar-refractivity contribution in [2.24, 2.45) is 5.92 Å². The molecule has 1 saturated heterocycles. The van der Waals surface area contributed by atoms with Crippen LogP contribution in [0.2, 0.25) is 0 Å². The first-order valence-corrected chi connectivity index (χ1v) is 5.64. The third kappa shape index (κ3) is 4.18. The lowest BCUT2D eigenvalue weighted by Gasteiger charge is -2.21. The fraction of sp³-hybridized carbons (Fsp3) is 0.909. The number of ether oxygens (including phenoxy) is 1. The third-order valence-corrected chi connectivity index (χ3v) is 2.62. The number of esters is 1. The van der Waals surface area contributed by atoms with Crippen molar-refractivity contribution in [2.75, 3.05) is 26.3 Å². The van der Waals surface area contributed by atoms with Crippen LogP contribution >= 0.6 is 0 Å². The van der Waals surface area contributed by atoms with Gasteiger partial charge in [-0.1, -0.05) is 13.8 Å². The Labute approximate surface area is 91.2 Å². The fourth-order valence-corrected chi connectivity index (χ4v) is 1.78. The molecule has 0 spiro atoms. The van der Waals surface area contributed by atoms with Gasteiger partial charge >= 0.3 is 5.97 Å². The van der Waals surface area contributed by atoms with Gasteiger partial charge in [0.2, 0.25) is 0 Å². The number of aliphatic hydroxyl groups excluding tert-OH is 1. The first kappa shape index (κ1) is 12.5. The lowest BCUT2D eigenvalue weighted by atomic mass is 10.2. The topological polar surface area (TPSA) is 49.8 Å². The number of hydrogen-bond acceptors (Lipinski definition) is 4. The maximum Gasteiger partial charge on any atom is 0.320 e. The summed E-state index contributed by atoms with van der Waals surface area (Å²) in [4.78, 5) is 13.4. The van der Waals surface area contributed by atoms with E-state index in [1.807, 2.05) is 18.7 Å². The van der Waals surface area contributed by atoms with E-state index in [2.05, 4.69) is 0 Å². The summed E-state index contributed by atoms with van der Waals surface area (Å²) < 4.78 is 5.10. The number of likely N-dealkylation sites (tertiary alicyclic amines) is 1. The van der Waals surface area contributed by atoms with Gasteiger partial charge in [-0.05, 0) is 25.3 Å². The van der Waals surface area contributed by atoms with Crippen LogP contribution in [0.15, 0.2) is 0 Å². The second kappa shape index (κ2) is 6.08. The van der Waals surface area contributed by atoms with Crippen molar-refractivity contribution in [1.29, 1.82) is 0 Å². The molecule has 0 aromatic rings. The van der Waals surface area contributed by atoms with E-state index in [0.717, 1.165) is 19.4 Å². The normalized spacial score (nSPS) is 22.3. The van der Waals surface area contributed by atoms with E-state index in [0.29, 0.717) is 19.1 Å². The lowest BCUT2D eigenvalue weighted by molar-refractivity contribution is -0.146. The molecule has 0 aliphatic carbocycles. The van der Waals surface area contributed by atoms with E-state index in [9.17, 15) is 4.79 Å². The minimum atomic E-state index is -0.177. The maximum atomic E-state index is 11.4. The van der Waals surface area contributed by atoms with E-state index >= 15 is 0 Å². The second-order valence-corrected chi connectivity index (χ2v) is 4.53. The Morgan fingerprint density at radius 2 is 2.33 bits per heavy atom. The van der Waals surface area contributed by atoms with Gasteiger partial charge in [-0.2, -0.15) is 0 Å². The molecule has 0 saturated carbocycles. The first-order valence-electron chi connectivity index (χ1n) is 5.64. The van der Waals surface area contributed by atoms with Gasteiger partial charge in [-0.15, -0.1) is 0 Å². The molecular weight excluding hydrogens is 194 g/mol. The molecule has 1 fully saturated rings. The first-order chi connectivity index (χ1) is 7.13. The van der Waals surface area contributed by atoms with Gasteiger partial charge in [0.05, 0.1) is 19.8 Å². The lowest BCUT2D eigenvalue weighted by Crippen LogP contribution is -2.37. The molecule has 1 rings (SSSR count). The number of carbonyl (C=O) groups is 1. The molecule has 1 aliphatic heterocycles. The predicted octanol–water partition coefficient (Wildman–Crippen LogP) is 0.642. The number of aliphatic hydroxyl groups is 1. The molecule has 4 heteroatoms. The van der Waals surface area contributed by atoms with Gasteiger partial charge in [0.1, 0.15) is 0 Å². The summed E-state index contributed by atoms with van der Waals surface area (Å²) in [5.74, 6) is 0.199. The molecule has 0 radical (unpaired) electrons.